The predicted molar refractivity (Wildman–Crippen MR) is 112 cm³/mol. The standard InChI is InChI=1S/C22H31N3O4/c1-6-8-12-15-23-20(27)19(17-13-10-9-11-14-17)25(7-2)18(26)16-24-21(28)29-22(3,4)5/h2,9-11,13-14,19H,6,8,12,15-16H2,1,3-5H3,(H,23,27)(H,24,28). The summed E-state index contributed by atoms with van der Waals surface area (Å²) in [6.07, 6.45) is 7.70. The fourth-order valence-electron chi connectivity index (χ4n) is 2.57. The summed E-state index contributed by atoms with van der Waals surface area (Å²) in [4.78, 5) is 38.3. The Morgan fingerprint density at radius 2 is 1.79 bits per heavy atom. The fraction of sp³-hybridized carbons (Fsp3) is 0.500. The molecule has 1 aromatic carbocycles. The Bertz CT molecular complexity index is 720. The lowest BCUT2D eigenvalue weighted by Crippen LogP contribution is -2.45. The summed E-state index contributed by atoms with van der Waals surface area (Å²) in [6, 6.07) is 10.1. The summed E-state index contributed by atoms with van der Waals surface area (Å²) < 4.78 is 5.12. The third-order valence-corrected chi connectivity index (χ3v) is 3.89. The van der Waals surface area contributed by atoms with Crippen LogP contribution in [-0.4, -0.2) is 41.5 Å². The SMILES string of the molecule is C#CN(C(=O)CNC(=O)OC(C)(C)C)C(C(=O)NCCCCC)c1ccccc1. The monoisotopic (exact) mass is 401 g/mol. The average molecular weight is 402 g/mol. The van der Waals surface area contributed by atoms with Gasteiger partial charge in [-0.1, -0.05) is 56.5 Å². The minimum atomic E-state index is -0.990. The molecule has 0 saturated heterocycles. The maximum Gasteiger partial charge on any atom is 0.408 e. The van der Waals surface area contributed by atoms with Crippen LogP contribution in [0.3, 0.4) is 0 Å². The number of ether oxygens (including phenoxy) is 1. The van der Waals surface area contributed by atoms with Gasteiger partial charge in [-0.05, 0) is 32.8 Å². The Balaban J connectivity index is 2.90. The molecule has 1 aromatic rings. The Labute approximate surface area is 173 Å². The van der Waals surface area contributed by atoms with Gasteiger partial charge in [0.1, 0.15) is 18.2 Å². The zero-order chi connectivity index (χ0) is 21.9. The van der Waals surface area contributed by atoms with E-state index in [2.05, 4.69) is 23.6 Å². The lowest BCUT2D eigenvalue weighted by molar-refractivity contribution is -0.136. The number of unbranched alkanes of at least 4 members (excludes halogenated alkanes) is 2. The lowest BCUT2D eigenvalue weighted by atomic mass is 10.0. The molecule has 0 bridgehead atoms. The van der Waals surface area contributed by atoms with Crippen LogP contribution in [0.25, 0.3) is 0 Å². The summed E-state index contributed by atoms with van der Waals surface area (Å²) in [7, 11) is 0. The first-order valence-electron chi connectivity index (χ1n) is 9.77. The lowest BCUT2D eigenvalue weighted by Gasteiger charge is -2.27. The highest BCUT2D eigenvalue weighted by Gasteiger charge is 2.30. The Kier molecular flexibility index (Phi) is 9.73. The number of hydrogen-bond donors (Lipinski definition) is 2. The second kappa shape index (κ2) is 11.7. The number of carbonyl (C=O) groups excluding carboxylic acids is 3. The van der Waals surface area contributed by atoms with Gasteiger partial charge in [0.25, 0.3) is 5.91 Å². The molecule has 1 rings (SSSR count). The van der Waals surface area contributed by atoms with Crippen LogP contribution >= 0.6 is 0 Å². The molecule has 0 heterocycles. The topological polar surface area (TPSA) is 87.7 Å². The number of hydrogen-bond acceptors (Lipinski definition) is 4. The molecule has 0 aromatic heterocycles. The molecule has 0 saturated carbocycles. The van der Waals surface area contributed by atoms with E-state index >= 15 is 0 Å². The minimum absolute atomic E-state index is 0.365. The number of terminal acetylenes is 1. The van der Waals surface area contributed by atoms with Gasteiger partial charge in [-0.25, -0.2) is 4.79 Å². The predicted octanol–water partition coefficient (Wildman–Crippen LogP) is 2.98. The molecule has 0 aliphatic rings. The van der Waals surface area contributed by atoms with Gasteiger partial charge >= 0.3 is 6.09 Å². The van der Waals surface area contributed by atoms with E-state index in [4.69, 9.17) is 11.2 Å². The third kappa shape index (κ3) is 8.69. The first-order chi connectivity index (χ1) is 13.7. The van der Waals surface area contributed by atoms with Crippen molar-refractivity contribution in [3.8, 4) is 12.5 Å². The average Bonchev–Trinajstić information content (AvgIpc) is 2.66. The molecule has 3 amide bonds. The van der Waals surface area contributed by atoms with Crippen molar-refractivity contribution in [1.82, 2.24) is 15.5 Å². The number of alkyl carbamates (subject to hydrolysis) is 1. The molecular formula is C22H31N3O4. The van der Waals surface area contributed by atoms with Crippen LogP contribution in [0.2, 0.25) is 0 Å². The molecular weight excluding hydrogens is 370 g/mol. The number of carbonyl (C=O) groups is 3. The van der Waals surface area contributed by atoms with Crippen molar-refractivity contribution < 1.29 is 19.1 Å². The van der Waals surface area contributed by atoms with E-state index in [9.17, 15) is 14.4 Å². The molecule has 1 atom stereocenters. The highest BCUT2D eigenvalue weighted by molar-refractivity contribution is 5.91. The number of nitrogens with zero attached hydrogens (tertiary/aromatic N) is 1. The van der Waals surface area contributed by atoms with Crippen LogP contribution in [0, 0.1) is 12.5 Å². The van der Waals surface area contributed by atoms with Crippen LogP contribution in [0.15, 0.2) is 30.3 Å². The van der Waals surface area contributed by atoms with Gasteiger partial charge in [0, 0.05) is 12.6 Å². The molecule has 7 nitrogen and oxygen atoms in total. The maximum atomic E-state index is 12.8. The molecule has 158 valence electrons. The summed E-state index contributed by atoms with van der Waals surface area (Å²) in [5.41, 5.74) is -0.103. The summed E-state index contributed by atoms with van der Waals surface area (Å²) >= 11 is 0. The smallest absolute Gasteiger partial charge is 0.408 e. The van der Waals surface area contributed by atoms with Crippen molar-refractivity contribution in [2.24, 2.45) is 0 Å². The van der Waals surface area contributed by atoms with Gasteiger partial charge in [0.05, 0.1) is 0 Å². The van der Waals surface area contributed by atoms with Crippen LogP contribution in [0.4, 0.5) is 4.79 Å². The summed E-state index contributed by atoms with van der Waals surface area (Å²) in [6.45, 7) is 7.35. The first-order valence-corrected chi connectivity index (χ1v) is 9.77. The first kappa shape index (κ1) is 24.0. The Morgan fingerprint density at radius 1 is 1.14 bits per heavy atom. The molecule has 0 fully saturated rings. The van der Waals surface area contributed by atoms with Crippen LogP contribution in [0.5, 0.6) is 0 Å². The van der Waals surface area contributed by atoms with Gasteiger partial charge in [0.15, 0.2) is 0 Å². The maximum absolute atomic E-state index is 12.8. The molecule has 0 aliphatic heterocycles. The molecule has 0 radical (unpaired) electrons. The van der Waals surface area contributed by atoms with Crippen molar-refractivity contribution in [2.45, 2.75) is 58.6 Å². The minimum Gasteiger partial charge on any atom is -0.444 e. The number of benzene rings is 1. The quantitative estimate of drug-likeness (QED) is 0.378. The zero-order valence-corrected chi connectivity index (χ0v) is 17.7. The summed E-state index contributed by atoms with van der Waals surface area (Å²) in [5.74, 6) is -0.952. The van der Waals surface area contributed by atoms with Gasteiger partial charge in [-0.3, -0.25) is 14.5 Å². The van der Waals surface area contributed by atoms with E-state index < -0.39 is 23.6 Å². The molecule has 7 heteroatoms. The van der Waals surface area contributed by atoms with Crippen molar-refractivity contribution in [3.63, 3.8) is 0 Å². The van der Waals surface area contributed by atoms with Gasteiger partial charge in [-0.2, -0.15) is 0 Å². The number of rotatable bonds is 9. The van der Waals surface area contributed by atoms with Crippen LogP contribution in [0.1, 0.15) is 58.6 Å². The van der Waals surface area contributed by atoms with Crippen molar-refractivity contribution in [2.75, 3.05) is 13.1 Å². The van der Waals surface area contributed by atoms with E-state index in [1.54, 1.807) is 45.0 Å². The van der Waals surface area contributed by atoms with Gasteiger partial charge in [0.2, 0.25) is 5.91 Å². The van der Waals surface area contributed by atoms with Crippen LogP contribution in [-0.2, 0) is 14.3 Å². The molecule has 1 unspecified atom stereocenters. The van der Waals surface area contributed by atoms with Gasteiger partial charge < -0.3 is 15.4 Å². The van der Waals surface area contributed by atoms with Crippen molar-refractivity contribution in [3.05, 3.63) is 35.9 Å². The van der Waals surface area contributed by atoms with E-state index in [1.165, 1.54) is 0 Å². The van der Waals surface area contributed by atoms with E-state index in [0.717, 1.165) is 24.2 Å². The van der Waals surface area contributed by atoms with Crippen LogP contribution < -0.4 is 10.6 Å². The van der Waals surface area contributed by atoms with E-state index in [1.807, 2.05) is 6.07 Å². The second-order valence-corrected chi connectivity index (χ2v) is 7.56. The third-order valence-electron chi connectivity index (χ3n) is 3.89. The summed E-state index contributed by atoms with van der Waals surface area (Å²) in [5, 5.41) is 5.22. The largest absolute Gasteiger partial charge is 0.444 e. The van der Waals surface area contributed by atoms with Crippen molar-refractivity contribution in [1.29, 1.82) is 0 Å². The zero-order valence-electron chi connectivity index (χ0n) is 17.7. The highest BCUT2D eigenvalue weighted by Crippen LogP contribution is 2.20. The Hall–Kier alpha value is -3.01. The van der Waals surface area contributed by atoms with E-state index in [-0.39, 0.29) is 12.5 Å². The second-order valence-electron chi connectivity index (χ2n) is 7.56. The molecule has 2 N–H and O–H groups in total. The van der Waals surface area contributed by atoms with Crippen molar-refractivity contribution >= 4 is 17.9 Å². The number of amides is 3. The molecule has 0 aliphatic carbocycles. The van der Waals surface area contributed by atoms with Gasteiger partial charge in [-0.15, -0.1) is 0 Å². The number of nitrogens with one attached hydrogen (secondary N) is 2. The fourth-order valence-corrected chi connectivity index (χ4v) is 2.57. The molecule has 0 spiro atoms. The molecule has 29 heavy (non-hydrogen) atoms. The highest BCUT2D eigenvalue weighted by atomic mass is 16.6. The Morgan fingerprint density at radius 3 is 2.34 bits per heavy atom. The van der Waals surface area contributed by atoms with E-state index in [0.29, 0.717) is 12.1 Å². The normalized spacial score (nSPS) is 11.7.